The summed E-state index contributed by atoms with van der Waals surface area (Å²) in [6, 6.07) is 55.8. The molecule has 0 unspecified atom stereocenters. The number of phenolic OH excluding ortho intramolecular Hbond substituents is 3. The fourth-order valence-electron chi connectivity index (χ4n) is 14.3. The Labute approximate surface area is 643 Å². The van der Waals surface area contributed by atoms with Gasteiger partial charge in [-0.3, -0.25) is 14.4 Å². The number of carbonyl (C=O) groups excluding carboxylic acids is 3. The second kappa shape index (κ2) is 34.8. The van der Waals surface area contributed by atoms with Crippen LogP contribution in [0.5, 0.6) is 51.7 Å². The highest BCUT2D eigenvalue weighted by Gasteiger charge is 2.37. The molecule has 0 saturated carbocycles. The van der Waals surface area contributed by atoms with Crippen LogP contribution in [-0.4, -0.2) is 106 Å². The first kappa shape index (κ1) is 76.7. The summed E-state index contributed by atoms with van der Waals surface area (Å²) in [5, 5.41) is 32.3. The standard InChI is InChI=1S/C30H28F3NO3S.C29H28ClNO3S.C29H28FNO3S/c1-19-14-16-34(18-19)15-4-5-20-8-11-22(12-9-20)37-28-24-13-10-21(35)17-26(24)38-29(28)27(36)23-6-2-3-7-25(23)30(31,32)33;2*1-19-14-16-31(18-19)15-4-5-20-8-11-22(12-9-20)34-28-24-13-10-21(32)17-26(24)35-29(28)27(33)23-6-2-3-7-25(23)30/h2-3,6-13,17,19,35H,4-5,14-16,18H2,1H3;2*2-3,6-13,17,19,32H,4-5,14-16,18H2,1H3/t3*19-/m000/s1. The van der Waals surface area contributed by atoms with Crippen LogP contribution in [0.4, 0.5) is 17.6 Å². The summed E-state index contributed by atoms with van der Waals surface area (Å²) in [6.45, 7) is 17.4. The van der Waals surface area contributed by atoms with E-state index in [9.17, 15) is 47.3 Å². The van der Waals surface area contributed by atoms with Crippen molar-refractivity contribution in [1.29, 1.82) is 0 Å². The van der Waals surface area contributed by atoms with Crippen molar-refractivity contribution in [2.45, 2.75) is 84.7 Å². The number of aryl methyl sites for hydroxylation is 3. The molecule has 12 aromatic rings. The number of aromatic hydroxyl groups is 3. The summed E-state index contributed by atoms with van der Waals surface area (Å²) in [5.74, 6) is 3.46. The largest absolute Gasteiger partial charge is 0.508 e. The predicted molar refractivity (Wildman–Crippen MR) is 425 cm³/mol. The molecule has 3 aromatic heterocycles. The van der Waals surface area contributed by atoms with Gasteiger partial charge in [0.2, 0.25) is 17.3 Å². The molecule has 0 aliphatic carbocycles. The van der Waals surface area contributed by atoms with Crippen molar-refractivity contribution in [3.05, 3.63) is 265 Å². The van der Waals surface area contributed by atoms with Crippen molar-refractivity contribution >= 4 is 93.2 Å². The van der Waals surface area contributed by atoms with E-state index in [2.05, 4.69) is 59.7 Å². The van der Waals surface area contributed by atoms with E-state index in [1.165, 1.54) is 127 Å². The second-order valence-corrected chi connectivity index (χ2v) is 32.0. The van der Waals surface area contributed by atoms with Crippen LogP contribution in [0.2, 0.25) is 5.02 Å². The number of ether oxygens (including phenoxy) is 3. The van der Waals surface area contributed by atoms with E-state index in [0.717, 1.165) is 116 Å². The number of nitrogens with zero attached hydrogens (tertiary/aromatic N) is 3. The number of carbonyl (C=O) groups is 3. The monoisotopic (exact) mass is 1530 g/mol. The smallest absolute Gasteiger partial charge is 0.417 e. The zero-order valence-corrected chi connectivity index (χ0v) is 63.5. The third kappa shape index (κ3) is 19.0. The van der Waals surface area contributed by atoms with Crippen LogP contribution in [-0.2, 0) is 25.4 Å². The molecule has 0 radical (unpaired) electrons. The summed E-state index contributed by atoms with van der Waals surface area (Å²) in [6.07, 6.45) is 5.47. The Bertz CT molecular complexity index is 4950. The zero-order chi connectivity index (χ0) is 75.6. The highest BCUT2D eigenvalue weighted by atomic mass is 35.5. The molecule has 20 heteroatoms. The number of rotatable bonds is 24. The number of likely N-dealkylation sites (tertiary alicyclic amines) is 3. The molecule has 3 aliphatic rings. The van der Waals surface area contributed by atoms with E-state index in [0.29, 0.717) is 69.3 Å². The Morgan fingerprint density at radius 1 is 0.435 bits per heavy atom. The Morgan fingerprint density at radius 2 is 0.759 bits per heavy atom. The van der Waals surface area contributed by atoms with Crippen molar-refractivity contribution in [2.75, 3.05) is 58.9 Å². The highest BCUT2D eigenvalue weighted by molar-refractivity contribution is 7.22. The first-order chi connectivity index (χ1) is 52.1. The molecule has 3 saturated heterocycles. The van der Waals surface area contributed by atoms with Gasteiger partial charge in [-0.1, -0.05) is 111 Å². The summed E-state index contributed by atoms with van der Waals surface area (Å²) >= 11 is 9.80. The van der Waals surface area contributed by atoms with Gasteiger partial charge in [-0.25, -0.2) is 4.39 Å². The molecular formula is C88H84ClF4N3O9S3. The summed E-state index contributed by atoms with van der Waals surface area (Å²) in [4.78, 5) is 48.5. The van der Waals surface area contributed by atoms with Gasteiger partial charge in [-0.15, -0.1) is 34.0 Å². The first-order valence-corrected chi connectivity index (χ1v) is 39.5. The van der Waals surface area contributed by atoms with Crippen molar-refractivity contribution in [3.63, 3.8) is 0 Å². The summed E-state index contributed by atoms with van der Waals surface area (Å²) in [7, 11) is 0. The Morgan fingerprint density at radius 3 is 1.10 bits per heavy atom. The van der Waals surface area contributed by atoms with E-state index in [1.54, 1.807) is 78.9 Å². The third-order valence-electron chi connectivity index (χ3n) is 20.0. The van der Waals surface area contributed by atoms with Crippen molar-refractivity contribution in [1.82, 2.24) is 14.7 Å². The molecule has 558 valence electrons. The van der Waals surface area contributed by atoms with Gasteiger partial charge in [0.05, 0.1) is 16.1 Å². The minimum atomic E-state index is -4.68. The maximum Gasteiger partial charge on any atom is 0.417 e. The van der Waals surface area contributed by atoms with Gasteiger partial charge in [-0.2, -0.15) is 13.2 Å². The van der Waals surface area contributed by atoms with Gasteiger partial charge in [0, 0.05) is 61.0 Å². The van der Waals surface area contributed by atoms with Crippen molar-refractivity contribution in [2.24, 2.45) is 17.8 Å². The Balaban J connectivity index is 0.000000143. The van der Waals surface area contributed by atoms with E-state index in [4.69, 9.17) is 25.8 Å². The average molecular weight is 1540 g/mol. The third-order valence-corrected chi connectivity index (χ3v) is 23.7. The van der Waals surface area contributed by atoms with Crippen LogP contribution < -0.4 is 14.2 Å². The fraction of sp³-hybridized carbons (Fsp3) is 0.284. The molecule has 3 fully saturated rings. The molecule has 15 rings (SSSR count). The number of hydrogen-bond acceptors (Lipinski definition) is 15. The molecule has 6 heterocycles. The Hall–Kier alpha value is -9.44. The van der Waals surface area contributed by atoms with Crippen LogP contribution in [0.25, 0.3) is 30.3 Å². The second-order valence-electron chi connectivity index (χ2n) is 28.4. The number of alkyl halides is 3. The summed E-state index contributed by atoms with van der Waals surface area (Å²) in [5.41, 5.74) is 2.67. The van der Waals surface area contributed by atoms with Crippen LogP contribution in [0.15, 0.2) is 200 Å². The maximum atomic E-state index is 14.4. The molecule has 3 aliphatic heterocycles. The van der Waals surface area contributed by atoms with Gasteiger partial charge >= 0.3 is 6.18 Å². The van der Waals surface area contributed by atoms with Crippen LogP contribution >= 0.6 is 45.6 Å². The van der Waals surface area contributed by atoms with Crippen LogP contribution in [0.3, 0.4) is 0 Å². The number of benzene rings is 9. The number of fused-ring (bicyclic) bond motifs is 3. The molecule has 9 aromatic carbocycles. The lowest BCUT2D eigenvalue weighted by molar-refractivity contribution is -0.137. The maximum absolute atomic E-state index is 14.4. The number of phenols is 3. The van der Waals surface area contributed by atoms with E-state index >= 15 is 0 Å². The van der Waals surface area contributed by atoms with Gasteiger partial charge in [-0.05, 0) is 253 Å². The normalized spacial score (nSPS) is 16.2. The molecule has 12 nitrogen and oxygen atoms in total. The lowest BCUT2D eigenvalue weighted by Gasteiger charge is -2.15. The van der Waals surface area contributed by atoms with E-state index < -0.39 is 34.7 Å². The molecule has 108 heavy (non-hydrogen) atoms. The average Bonchev–Trinajstić information content (AvgIpc) is 1.61. The van der Waals surface area contributed by atoms with Gasteiger partial charge < -0.3 is 44.2 Å². The quantitative estimate of drug-likeness (QED) is 0.0390. The molecule has 0 spiro atoms. The number of ketones is 3. The lowest BCUT2D eigenvalue weighted by Crippen LogP contribution is -2.21. The summed E-state index contributed by atoms with van der Waals surface area (Å²) < 4.78 is 76.0. The molecular weight excluding hydrogens is 1450 g/mol. The Kier molecular flexibility index (Phi) is 24.8. The topological polar surface area (TPSA) is 149 Å². The first-order valence-electron chi connectivity index (χ1n) is 36.7. The molecule has 0 bridgehead atoms. The van der Waals surface area contributed by atoms with Gasteiger partial charge in [0.1, 0.15) is 54.9 Å². The van der Waals surface area contributed by atoms with Crippen molar-refractivity contribution < 1.29 is 61.5 Å². The van der Waals surface area contributed by atoms with Gasteiger partial charge in [0.25, 0.3) is 0 Å². The predicted octanol–water partition coefficient (Wildman–Crippen LogP) is 22.5. The minimum Gasteiger partial charge on any atom is -0.508 e. The number of thiophene rings is 3. The van der Waals surface area contributed by atoms with Gasteiger partial charge in [0.15, 0.2) is 17.2 Å². The fourth-order valence-corrected chi connectivity index (χ4v) is 17.8. The SMILES string of the molecule is C[C@H]1CCN(CCCc2ccc(Oc3c(C(=O)c4ccccc4C(F)(F)F)sc4cc(O)ccc34)cc2)C1.C[C@H]1CCN(CCCc2ccc(Oc3c(C(=O)c4ccccc4Cl)sc4cc(O)ccc34)cc2)C1.C[C@H]1CCN(CCCc2ccc(Oc3c(C(=O)c4ccccc4F)sc4cc(O)ccc34)cc2)C1. The van der Waals surface area contributed by atoms with Crippen LogP contribution in [0.1, 0.15) is 127 Å². The zero-order valence-electron chi connectivity index (χ0n) is 60.3. The lowest BCUT2D eigenvalue weighted by atomic mass is 10.0. The molecule has 3 N–H and O–H groups in total. The minimum absolute atomic E-state index is 0.00382. The van der Waals surface area contributed by atoms with E-state index in [1.807, 2.05) is 48.5 Å². The molecule has 0 amide bonds. The van der Waals surface area contributed by atoms with E-state index in [-0.39, 0.29) is 39.2 Å². The number of hydrogen-bond donors (Lipinski definition) is 3. The highest BCUT2D eigenvalue weighted by Crippen LogP contribution is 2.47. The number of halogens is 5. The van der Waals surface area contributed by atoms with Crippen LogP contribution in [0, 0.1) is 23.6 Å². The molecule has 3 atom stereocenters. The van der Waals surface area contributed by atoms with Crippen molar-refractivity contribution in [3.8, 4) is 51.7 Å².